The second-order valence-corrected chi connectivity index (χ2v) is 19.9. The Balaban J connectivity index is 1.14. The summed E-state index contributed by atoms with van der Waals surface area (Å²) in [6.07, 6.45) is 4.79. The Morgan fingerprint density at radius 1 is 0.627 bits per heavy atom. The second-order valence-electron chi connectivity index (χ2n) is 19.9. The predicted molar refractivity (Wildman–Crippen MR) is 250 cm³/mol. The maximum absolute atomic E-state index is 7.06. The predicted octanol–water partition coefficient (Wildman–Crippen LogP) is 13.5. The summed E-state index contributed by atoms with van der Waals surface area (Å²) in [5, 5.41) is 8.84. The van der Waals surface area contributed by atoms with Crippen LogP contribution in [0.4, 0.5) is 22.7 Å². The van der Waals surface area contributed by atoms with E-state index in [1.165, 1.54) is 102 Å². The summed E-state index contributed by atoms with van der Waals surface area (Å²) in [6, 6.07) is 45.5. The molecule has 8 aromatic rings. The second kappa shape index (κ2) is 11.7. The molecule has 3 nitrogen and oxygen atoms in total. The molecule has 0 amide bonds. The average Bonchev–Trinajstić information content (AvgIpc) is 3.79. The zero-order valence-electron chi connectivity index (χ0n) is 35.3. The van der Waals surface area contributed by atoms with E-state index in [0.29, 0.717) is 0 Å². The molecule has 1 radical (unpaired) electrons. The molecule has 1 aromatic heterocycles. The van der Waals surface area contributed by atoms with Gasteiger partial charge in [0.1, 0.15) is 5.58 Å². The van der Waals surface area contributed by atoms with Gasteiger partial charge in [-0.1, -0.05) is 157 Å². The van der Waals surface area contributed by atoms with Crippen LogP contribution in [-0.4, -0.2) is 12.8 Å². The highest BCUT2D eigenvalue weighted by molar-refractivity contribution is 6.74. The number of benzene rings is 7. The molecule has 2 unspecified atom stereocenters. The van der Waals surface area contributed by atoms with Crippen molar-refractivity contribution in [3.63, 3.8) is 0 Å². The number of rotatable bonds is 3. The van der Waals surface area contributed by atoms with Crippen molar-refractivity contribution in [1.29, 1.82) is 0 Å². The minimum atomic E-state index is -0.119. The maximum atomic E-state index is 7.06. The summed E-state index contributed by atoms with van der Waals surface area (Å²) in [6.45, 7) is 16.9. The van der Waals surface area contributed by atoms with E-state index in [0.717, 1.165) is 34.3 Å². The lowest BCUT2D eigenvalue weighted by Gasteiger charge is -2.51. The van der Waals surface area contributed by atoms with Gasteiger partial charge in [0.15, 0.2) is 12.9 Å². The summed E-state index contributed by atoms with van der Waals surface area (Å²) < 4.78 is 7.06. The fraction of sp³-hybridized carbons (Fsp3) is 0.273. The van der Waals surface area contributed by atoms with Gasteiger partial charge in [-0.3, -0.25) is 0 Å². The van der Waals surface area contributed by atoms with E-state index >= 15 is 0 Å². The highest BCUT2D eigenvalue weighted by Crippen LogP contribution is 2.62. The fourth-order valence-corrected chi connectivity index (χ4v) is 11.9. The third kappa shape index (κ3) is 4.61. The van der Waals surface area contributed by atoms with Crippen LogP contribution < -0.4 is 21.1 Å². The van der Waals surface area contributed by atoms with Crippen LogP contribution in [0.3, 0.4) is 0 Å². The molecule has 7 aromatic carbocycles. The Morgan fingerprint density at radius 2 is 1.36 bits per heavy atom. The molecule has 2 atom stereocenters. The van der Waals surface area contributed by atoms with Crippen LogP contribution in [0.5, 0.6) is 0 Å². The highest BCUT2D eigenvalue weighted by Gasteiger charge is 2.60. The number of furan rings is 1. The molecule has 1 N–H and O–H groups in total. The van der Waals surface area contributed by atoms with Crippen LogP contribution >= 0.6 is 0 Å². The van der Waals surface area contributed by atoms with E-state index in [4.69, 9.17) is 4.42 Å². The molecule has 1 saturated carbocycles. The fourth-order valence-electron chi connectivity index (χ4n) is 11.9. The third-order valence-electron chi connectivity index (χ3n) is 15.4. The zero-order chi connectivity index (χ0) is 40.2. The molecule has 4 heteroatoms. The lowest BCUT2D eigenvalue weighted by atomic mass is 9.57. The summed E-state index contributed by atoms with van der Waals surface area (Å²) in [5.74, 6) is 0. The van der Waals surface area contributed by atoms with Crippen LogP contribution in [0.2, 0.25) is 0 Å². The van der Waals surface area contributed by atoms with Gasteiger partial charge in [-0.15, -0.1) is 0 Å². The van der Waals surface area contributed by atoms with Crippen LogP contribution in [0, 0.1) is 0 Å². The van der Waals surface area contributed by atoms with Crippen molar-refractivity contribution in [3.05, 3.63) is 144 Å². The van der Waals surface area contributed by atoms with Crippen molar-refractivity contribution in [3.8, 4) is 22.3 Å². The summed E-state index contributed by atoms with van der Waals surface area (Å²) in [5.41, 5.74) is 19.9. The first-order valence-electron chi connectivity index (χ1n) is 21.7. The molecule has 59 heavy (non-hydrogen) atoms. The van der Waals surface area contributed by atoms with Gasteiger partial charge in [0.2, 0.25) is 0 Å². The molecule has 3 heterocycles. The molecular weight excluding hydrogens is 715 g/mol. The van der Waals surface area contributed by atoms with Crippen LogP contribution in [0.25, 0.3) is 55.0 Å². The monoisotopic (exact) mass is 765 g/mol. The molecule has 0 spiro atoms. The van der Waals surface area contributed by atoms with Crippen molar-refractivity contribution in [2.45, 2.75) is 95.9 Å². The number of para-hydroxylation sites is 1. The van der Waals surface area contributed by atoms with Crippen LogP contribution in [0.15, 0.2) is 126 Å². The lowest BCUT2D eigenvalue weighted by molar-refractivity contribution is 0.195. The lowest BCUT2D eigenvalue weighted by Crippen LogP contribution is -2.57. The quantitative estimate of drug-likeness (QED) is 0.182. The first-order chi connectivity index (χ1) is 28.4. The molecule has 4 aliphatic rings. The molecule has 12 rings (SSSR count). The van der Waals surface area contributed by atoms with Crippen molar-refractivity contribution < 1.29 is 4.42 Å². The molecule has 2 aliphatic carbocycles. The Kier molecular flexibility index (Phi) is 7.00. The molecule has 0 saturated heterocycles. The molecule has 2 aliphatic heterocycles. The van der Waals surface area contributed by atoms with Crippen molar-refractivity contribution in [1.82, 2.24) is 0 Å². The van der Waals surface area contributed by atoms with Crippen LogP contribution in [-0.2, 0) is 16.2 Å². The van der Waals surface area contributed by atoms with E-state index in [9.17, 15) is 0 Å². The van der Waals surface area contributed by atoms with E-state index in [-0.39, 0.29) is 21.8 Å². The number of nitrogens with zero attached hydrogens (tertiary/aromatic N) is 1. The number of nitrogens with one attached hydrogen (secondary N) is 1. The summed E-state index contributed by atoms with van der Waals surface area (Å²) >= 11 is 0. The van der Waals surface area contributed by atoms with E-state index in [1.54, 1.807) is 0 Å². The third-order valence-corrected chi connectivity index (χ3v) is 15.4. The first kappa shape index (κ1) is 35.2. The zero-order valence-corrected chi connectivity index (χ0v) is 35.3. The van der Waals surface area contributed by atoms with E-state index in [2.05, 4.69) is 187 Å². The van der Waals surface area contributed by atoms with E-state index in [1.807, 2.05) is 0 Å². The minimum absolute atomic E-state index is 0.00292. The number of anilines is 4. The molecular formula is C55H50BN2O. The summed E-state index contributed by atoms with van der Waals surface area (Å²) in [7, 11) is 2.51. The minimum Gasteiger partial charge on any atom is -0.454 e. The first-order valence-corrected chi connectivity index (χ1v) is 21.7. The summed E-state index contributed by atoms with van der Waals surface area (Å²) in [4.78, 5) is 2.78. The van der Waals surface area contributed by atoms with Crippen molar-refractivity contribution >= 4 is 73.7 Å². The van der Waals surface area contributed by atoms with Gasteiger partial charge < -0.3 is 14.6 Å². The highest BCUT2D eigenvalue weighted by atomic mass is 16.3. The van der Waals surface area contributed by atoms with Crippen LogP contribution in [0.1, 0.15) is 96.4 Å². The maximum Gasteiger partial charge on any atom is 0.198 e. The van der Waals surface area contributed by atoms with Gasteiger partial charge in [0, 0.05) is 43.9 Å². The van der Waals surface area contributed by atoms with Gasteiger partial charge in [-0.05, 0) is 99.2 Å². The Bertz CT molecular complexity index is 3130. The van der Waals surface area contributed by atoms with Gasteiger partial charge in [0.25, 0.3) is 0 Å². The topological polar surface area (TPSA) is 28.4 Å². The molecule has 0 bridgehead atoms. The molecule has 1 fully saturated rings. The van der Waals surface area contributed by atoms with Gasteiger partial charge in [0.05, 0.1) is 16.9 Å². The Labute approximate surface area is 348 Å². The Morgan fingerprint density at radius 3 is 2.20 bits per heavy atom. The number of fused-ring (bicyclic) bond motifs is 13. The van der Waals surface area contributed by atoms with Crippen molar-refractivity contribution in [2.24, 2.45) is 0 Å². The average molecular weight is 766 g/mol. The standard InChI is InChI=1S/C55H50BN2O/c1-52(2,3)33-28-44-49-45(29-33)56-47-40(31-41-38-19-11-13-21-46(38)59-51(41)50(47)58(49)55(7)27-15-14-26-54(44,55)6)39-24-22-32-16-8-9-17-35(32)48(39)57-34-23-25-37-36-18-10-12-20-42(36)53(4,5)43(37)30-34/h8-13,16-25,28-31,57H,14-15,26-27H2,1-7H3. The smallest absolute Gasteiger partial charge is 0.198 e. The number of hydrogen-bond donors (Lipinski definition) is 1. The normalized spacial score (nSPS) is 20.9. The number of hydrogen-bond acceptors (Lipinski definition) is 3. The molecule has 289 valence electrons. The van der Waals surface area contributed by atoms with Gasteiger partial charge in [-0.25, -0.2) is 0 Å². The van der Waals surface area contributed by atoms with Gasteiger partial charge >= 0.3 is 0 Å². The SMILES string of the molecule is CC(C)(C)c1cc2c3c(c1)C1(C)CCCCC1(C)N3c1c(c(-c3ccc4ccccc4c3Nc3ccc4c(c3)C(C)(C)c3ccccc3-4)cc3c1oc1ccccc13)[B]2. The van der Waals surface area contributed by atoms with Crippen molar-refractivity contribution in [2.75, 3.05) is 10.2 Å². The van der Waals surface area contributed by atoms with Gasteiger partial charge in [-0.2, -0.15) is 0 Å². The largest absolute Gasteiger partial charge is 0.454 e. The Hall–Kier alpha value is -5.74. The van der Waals surface area contributed by atoms with E-state index < -0.39 is 0 Å².